The van der Waals surface area contributed by atoms with Crippen LogP contribution < -0.4 is 0 Å². The van der Waals surface area contributed by atoms with Crippen molar-refractivity contribution < 1.29 is 13.2 Å². The van der Waals surface area contributed by atoms with Crippen molar-refractivity contribution in [2.24, 2.45) is 0 Å². The highest BCUT2D eigenvalue weighted by Gasteiger charge is 2.28. The molecule has 0 aromatic heterocycles. The van der Waals surface area contributed by atoms with Gasteiger partial charge in [0.1, 0.15) is 5.67 Å². The van der Waals surface area contributed by atoms with Gasteiger partial charge >= 0.3 is 0 Å². The van der Waals surface area contributed by atoms with Gasteiger partial charge in [-0.15, -0.1) is 0 Å². The van der Waals surface area contributed by atoms with Gasteiger partial charge in [0.15, 0.2) is 0 Å². The van der Waals surface area contributed by atoms with Gasteiger partial charge in [-0.1, -0.05) is 18.2 Å². The van der Waals surface area contributed by atoms with Gasteiger partial charge in [0.2, 0.25) is 0 Å². The summed E-state index contributed by atoms with van der Waals surface area (Å²) >= 11 is 0. The van der Waals surface area contributed by atoms with Crippen LogP contribution in [0.5, 0.6) is 0 Å². The van der Waals surface area contributed by atoms with Gasteiger partial charge in [0.25, 0.3) is 5.92 Å². The third kappa shape index (κ3) is 2.74. The molecular weight excluding hydrogens is 201 g/mol. The normalized spacial score (nSPS) is 13.0. The molecule has 0 nitrogen and oxygen atoms in total. The molecule has 0 bridgehead atoms. The first-order valence-electron chi connectivity index (χ1n) is 4.80. The molecule has 1 aromatic carbocycles. The van der Waals surface area contributed by atoms with Crippen molar-refractivity contribution in [2.45, 2.75) is 39.3 Å². The van der Waals surface area contributed by atoms with Crippen molar-refractivity contribution in [3.05, 3.63) is 34.9 Å². The van der Waals surface area contributed by atoms with E-state index in [0.717, 1.165) is 6.92 Å². The number of halogens is 3. The molecular formula is C12H15F3. The average Bonchev–Trinajstić information content (AvgIpc) is 1.99. The molecule has 0 spiro atoms. The molecule has 1 rings (SSSR count). The third-order valence-electron chi connectivity index (χ3n) is 2.39. The Morgan fingerprint density at radius 3 is 1.87 bits per heavy atom. The van der Waals surface area contributed by atoms with Crippen LogP contribution in [-0.4, -0.2) is 0 Å². The van der Waals surface area contributed by atoms with Crippen molar-refractivity contribution in [1.82, 2.24) is 0 Å². The van der Waals surface area contributed by atoms with Crippen LogP contribution in [-0.2, 0) is 11.6 Å². The van der Waals surface area contributed by atoms with E-state index in [-0.39, 0.29) is 5.56 Å². The Bertz CT molecular complexity index is 356. The summed E-state index contributed by atoms with van der Waals surface area (Å²) in [5, 5.41) is 0. The van der Waals surface area contributed by atoms with Crippen molar-refractivity contribution in [1.29, 1.82) is 0 Å². The maximum Gasteiger partial charge on any atom is 0.270 e. The number of aryl methyl sites for hydroxylation is 1. The van der Waals surface area contributed by atoms with Crippen LogP contribution in [0.2, 0.25) is 0 Å². The summed E-state index contributed by atoms with van der Waals surface area (Å²) in [7, 11) is 0. The molecule has 0 unspecified atom stereocenters. The molecule has 0 radical (unpaired) electrons. The minimum Gasteiger partial charge on any atom is -0.239 e. The lowest BCUT2D eigenvalue weighted by Crippen LogP contribution is -2.13. The largest absolute Gasteiger partial charge is 0.270 e. The minimum atomic E-state index is -2.87. The Hall–Kier alpha value is -0.990. The third-order valence-corrected chi connectivity index (χ3v) is 2.39. The van der Waals surface area contributed by atoms with Crippen molar-refractivity contribution in [2.75, 3.05) is 0 Å². The smallest absolute Gasteiger partial charge is 0.239 e. The highest BCUT2D eigenvalue weighted by atomic mass is 19.3. The van der Waals surface area contributed by atoms with E-state index in [2.05, 4.69) is 0 Å². The standard InChI is InChI=1S/C12H15F3/c1-8-7-9(11(2,3)13)5-6-10(8)12(4,14)15/h5-7H,1-4H3. The highest BCUT2D eigenvalue weighted by Crippen LogP contribution is 2.33. The molecule has 1 aromatic rings. The van der Waals surface area contributed by atoms with E-state index >= 15 is 0 Å². The van der Waals surface area contributed by atoms with Crippen molar-refractivity contribution in [3.63, 3.8) is 0 Å². The van der Waals surface area contributed by atoms with E-state index in [1.807, 2.05) is 0 Å². The number of hydrogen-bond acceptors (Lipinski definition) is 0. The number of benzene rings is 1. The number of alkyl halides is 3. The fraction of sp³-hybridized carbons (Fsp3) is 0.500. The van der Waals surface area contributed by atoms with E-state index in [1.54, 1.807) is 6.92 Å². The van der Waals surface area contributed by atoms with E-state index in [1.165, 1.54) is 32.0 Å². The molecule has 0 aliphatic rings. The summed E-state index contributed by atoms with van der Waals surface area (Å²) in [6.45, 7) is 5.23. The molecule has 0 amide bonds. The quantitative estimate of drug-likeness (QED) is 0.691. The fourth-order valence-electron chi connectivity index (χ4n) is 1.53. The summed E-state index contributed by atoms with van der Waals surface area (Å²) < 4.78 is 39.6. The summed E-state index contributed by atoms with van der Waals surface area (Å²) in [4.78, 5) is 0. The second-order valence-corrected chi connectivity index (χ2v) is 4.39. The average molecular weight is 216 g/mol. The zero-order chi connectivity index (χ0) is 11.9. The molecule has 0 fully saturated rings. The first-order chi connectivity index (χ1) is 6.62. The molecule has 84 valence electrons. The second kappa shape index (κ2) is 3.54. The molecule has 0 aliphatic heterocycles. The molecule has 0 N–H and O–H groups in total. The van der Waals surface area contributed by atoms with E-state index in [4.69, 9.17) is 0 Å². The Morgan fingerprint density at radius 2 is 1.53 bits per heavy atom. The Morgan fingerprint density at radius 1 is 1.00 bits per heavy atom. The Labute approximate surface area is 88.1 Å². The highest BCUT2D eigenvalue weighted by molar-refractivity contribution is 5.35. The van der Waals surface area contributed by atoms with Crippen molar-refractivity contribution >= 4 is 0 Å². The van der Waals surface area contributed by atoms with Crippen molar-refractivity contribution in [3.8, 4) is 0 Å². The summed E-state index contributed by atoms with van der Waals surface area (Å²) in [5.74, 6) is -2.87. The fourth-order valence-corrected chi connectivity index (χ4v) is 1.53. The van der Waals surface area contributed by atoms with Gasteiger partial charge in [0, 0.05) is 12.5 Å². The van der Waals surface area contributed by atoms with E-state index in [9.17, 15) is 13.2 Å². The van der Waals surface area contributed by atoms with Gasteiger partial charge in [-0.25, -0.2) is 13.2 Å². The number of hydrogen-bond donors (Lipinski definition) is 0. The topological polar surface area (TPSA) is 0 Å². The zero-order valence-corrected chi connectivity index (χ0v) is 9.37. The Balaban J connectivity index is 3.21. The second-order valence-electron chi connectivity index (χ2n) is 4.39. The van der Waals surface area contributed by atoms with Crippen LogP contribution in [0.3, 0.4) is 0 Å². The molecule has 0 saturated heterocycles. The van der Waals surface area contributed by atoms with Gasteiger partial charge in [-0.05, 0) is 31.9 Å². The first-order valence-corrected chi connectivity index (χ1v) is 4.80. The predicted molar refractivity (Wildman–Crippen MR) is 54.9 cm³/mol. The van der Waals surface area contributed by atoms with Crippen LogP contribution in [0.1, 0.15) is 37.5 Å². The molecule has 3 heteroatoms. The maximum absolute atomic E-state index is 13.5. The van der Waals surface area contributed by atoms with Crippen LogP contribution in [0.15, 0.2) is 18.2 Å². The SMILES string of the molecule is Cc1cc(C(C)(C)F)ccc1C(C)(F)F. The van der Waals surface area contributed by atoms with E-state index in [0.29, 0.717) is 11.1 Å². The van der Waals surface area contributed by atoms with Crippen LogP contribution in [0, 0.1) is 6.92 Å². The minimum absolute atomic E-state index is 0.0458. The maximum atomic E-state index is 13.5. The summed E-state index contributed by atoms with van der Waals surface area (Å²) in [6, 6.07) is 4.19. The van der Waals surface area contributed by atoms with Gasteiger partial charge in [-0.2, -0.15) is 0 Å². The number of rotatable bonds is 2. The van der Waals surface area contributed by atoms with Gasteiger partial charge < -0.3 is 0 Å². The molecule has 0 saturated carbocycles. The first kappa shape index (κ1) is 12.1. The summed E-state index contributed by atoms with van der Waals surface area (Å²) in [5.41, 5.74) is -0.694. The predicted octanol–water partition coefficient (Wildman–Crippen LogP) is 4.31. The molecule has 0 atom stereocenters. The van der Waals surface area contributed by atoms with Gasteiger partial charge in [-0.3, -0.25) is 0 Å². The summed E-state index contributed by atoms with van der Waals surface area (Å²) in [6.07, 6.45) is 0. The van der Waals surface area contributed by atoms with Gasteiger partial charge in [0.05, 0.1) is 0 Å². The van der Waals surface area contributed by atoms with Crippen LogP contribution in [0.4, 0.5) is 13.2 Å². The lowest BCUT2D eigenvalue weighted by atomic mass is 9.94. The van der Waals surface area contributed by atoms with Crippen LogP contribution >= 0.6 is 0 Å². The van der Waals surface area contributed by atoms with Crippen LogP contribution in [0.25, 0.3) is 0 Å². The molecule has 0 heterocycles. The van der Waals surface area contributed by atoms with E-state index < -0.39 is 11.6 Å². The molecule has 15 heavy (non-hydrogen) atoms. The lowest BCUT2D eigenvalue weighted by molar-refractivity contribution is 0.0167. The lowest BCUT2D eigenvalue weighted by Gasteiger charge is -2.19. The monoisotopic (exact) mass is 216 g/mol. The zero-order valence-electron chi connectivity index (χ0n) is 9.37. The molecule has 0 aliphatic carbocycles. The Kier molecular flexibility index (Phi) is 2.85.